The smallest absolute Gasteiger partial charge is 0.249 e. The molecule has 4 heteroatoms. The van der Waals surface area contributed by atoms with Crippen LogP contribution in [0, 0.1) is 12.7 Å². The van der Waals surface area contributed by atoms with Gasteiger partial charge in [0.2, 0.25) is 5.91 Å². The van der Waals surface area contributed by atoms with Crippen molar-refractivity contribution in [2.45, 2.75) is 13.5 Å². The lowest BCUT2D eigenvalue weighted by atomic mass is 10.1. The number of aromatic nitrogens is 1. The minimum Gasteiger partial charge on any atom is -0.366 e. The number of carbonyl (C=O) groups excluding carboxylic acids is 1. The average Bonchev–Trinajstić information content (AvgIpc) is 2.90. The van der Waals surface area contributed by atoms with Gasteiger partial charge in [-0.2, -0.15) is 0 Å². The summed E-state index contributed by atoms with van der Waals surface area (Å²) in [5, 5.41) is 1.61. The largest absolute Gasteiger partial charge is 0.366 e. The summed E-state index contributed by atoms with van der Waals surface area (Å²) in [7, 11) is 0. The molecule has 3 nitrogen and oxygen atoms in total. The monoisotopic (exact) mass is 332 g/mol. The molecule has 0 aliphatic carbocycles. The van der Waals surface area contributed by atoms with Crippen LogP contribution in [-0.4, -0.2) is 10.5 Å². The van der Waals surface area contributed by atoms with Gasteiger partial charge in [-0.05, 0) is 48.4 Å². The zero-order chi connectivity index (χ0) is 17.6. The molecule has 4 rings (SSSR count). The van der Waals surface area contributed by atoms with Crippen LogP contribution >= 0.6 is 0 Å². The third-order valence-electron chi connectivity index (χ3n) is 4.71. The Morgan fingerprint density at radius 2 is 1.84 bits per heavy atom. The molecule has 0 saturated heterocycles. The van der Waals surface area contributed by atoms with Crippen LogP contribution in [0.4, 0.5) is 4.39 Å². The molecule has 25 heavy (non-hydrogen) atoms. The highest BCUT2D eigenvalue weighted by atomic mass is 19.1. The maximum atomic E-state index is 13.9. The summed E-state index contributed by atoms with van der Waals surface area (Å²) in [6.07, 6.45) is 0. The lowest BCUT2D eigenvalue weighted by Crippen LogP contribution is -2.11. The van der Waals surface area contributed by atoms with Gasteiger partial charge in [-0.25, -0.2) is 4.39 Å². The minimum atomic E-state index is -0.482. The number of primary amides is 1. The Bertz CT molecular complexity index is 1130. The molecule has 0 fully saturated rings. The van der Waals surface area contributed by atoms with Crippen LogP contribution in [0.5, 0.6) is 0 Å². The Labute approximate surface area is 144 Å². The SMILES string of the molecule is Cc1ccccc1Cn1c2cc(F)ccc2c2c(C(N)=O)cccc21. The molecule has 2 N–H and O–H groups in total. The van der Waals surface area contributed by atoms with Gasteiger partial charge in [0.15, 0.2) is 0 Å². The van der Waals surface area contributed by atoms with E-state index >= 15 is 0 Å². The zero-order valence-electron chi connectivity index (χ0n) is 13.8. The number of halogens is 1. The van der Waals surface area contributed by atoms with Crippen LogP contribution in [-0.2, 0) is 6.54 Å². The number of aryl methyl sites for hydroxylation is 1. The Morgan fingerprint density at radius 3 is 2.60 bits per heavy atom. The second-order valence-corrected chi connectivity index (χ2v) is 6.24. The van der Waals surface area contributed by atoms with Crippen molar-refractivity contribution in [3.63, 3.8) is 0 Å². The molecule has 0 aliphatic heterocycles. The number of carbonyl (C=O) groups is 1. The molecular weight excluding hydrogens is 315 g/mol. The van der Waals surface area contributed by atoms with Gasteiger partial charge in [-0.15, -0.1) is 0 Å². The number of nitrogens with zero attached hydrogens (tertiary/aromatic N) is 1. The number of nitrogens with two attached hydrogens (primary N) is 1. The first-order chi connectivity index (χ1) is 12.1. The molecule has 0 bridgehead atoms. The van der Waals surface area contributed by atoms with Gasteiger partial charge < -0.3 is 10.3 Å². The maximum absolute atomic E-state index is 13.9. The van der Waals surface area contributed by atoms with Crippen LogP contribution < -0.4 is 5.73 Å². The fraction of sp³-hybridized carbons (Fsp3) is 0.0952. The van der Waals surface area contributed by atoms with Gasteiger partial charge in [0.05, 0.1) is 11.0 Å². The van der Waals surface area contributed by atoms with E-state index in [1.807, 2.05) is 28.8 Å². The van der Waals surface area contributed by atoms with Crippen molar-refractivity contribution in [2.24, 2.45) is 5.73 Å². The third kappa shape index (κ3) is 2.47. The van der Waals surface area contributed by atoms with E-state index in [0.29, 0.717) is 12.1 Å². The van der Waals surface area contributed by atoms with Crippen molar-refractivity contribution in [1.82, 2.24) is 4.57 Å². The summed E-state index contributed by atoms with van der Waals surface area (Å²) >= 11 is 0. The highest BCUT2D eigenvalue weighted by Crippen LogP contribution is 2.33. The number of hydrogen-bond acceptors (Lipinski definition) is 1. The molecule has 1 aromatic heterocycles. The topological polar surface area (TPSA) is 48.0 Å². The van der Waals surface area contributed by atoms with E-state index in [0.717, 1.165) is 27.4 Å². The van der Waals surface area contributed by atoms with Crippen molar-refractivity contribution < 1.29 is 9.18 Å². The van der Waals surface area contributed by atoms with E-state index in [2.05, 4.69) is 19.1 Å². The summed E-state index contributed by atoms with van der Waals surface area (Å²) in [5.74, 6) is -0.785. The third-order valence-corrected chi connectivity index (χ3v) is 4.71. The standard InChI is InChI=1S/C21H17FN2O/c1-13-5-2-3-6-14(13)12-24-18-8-4-7-17(21(23)25)20(18)16-10-9-15(22)11-19(16)24/h2-11H,12H2,1H3,(H2,23,25). The molecule has 124 valence electrons. The van der Waals surface area contributed by atoms with E-state index in [-0.39, 0.29) is 5.82 Å². The molecule has 0 atom stereocenters. The number of fused-ring (bicyclic) bond motifs is 3. The van der Waals surface area contributed by atoms with Crippen molar-refractivity contribution in [1.29, 1.82) is 0 Å². The Kier molecular flexibility index (Phi) is 3.53. The molecular formula is C21H17FN2O. The van der Waals surface area contributed by atoms with Crippen molar-refractivity contribution in [2.75, 3.05) is 0 Å². The van der Waals surface area contributed by atoms with Gasteiger partial charge in [0, 0.05) is 22.9 Å². The molecule has 1 heterocycles. The molecule has 0 saturated carbocycles. The molecule has 3 aromatic carbocycles. The minimum absolute atomic E-state index is 0.304. The van der Waals surface area contributed by atoms with Crippen molar-refractivity contribution in [3.05, 3.63) is 83.2 Å². The second-order valence-electron chi connectivity index (χ2n) is 6.24. The highest BCUT2D eigenvalue weighted by molar-refractivity contribution is 6.17. The zero-order valence-corrected chi connectivity index (χ0v) is 13.8. The fourth-order valence-electron chi connectivity index (χ4n) is 3.45. The van der Waals surface area contributed by atoms with Crippen molar-refractivity contribution >= 4 is 27.7 Å². The normalized spacial score (nSPS) is 11.3. The second kappa shape index (κ2) is 5.74. The summed E-state index contributed by atoms with van der Waals surface area (Å²) < 4.78 is 16.0. The van der Waals surface area contributed by atoms with E-state index in [1.165, 1.54) is 17.7 Å². The van der Waals surface area contributed by atoms with E-state index in [4.69, 9.17) is 5.73 Å². The predicted octanol–water partition coefficient (Wildman–Crippen LogP) is 4.39. The number of amides is 1. The van der Waals surface area contributed by atoms with Crippen molar-refractivity contribution in [3.8, 4) is 0 Å². The summed E-state index contributed by atoms with van der Waals surface area (Å²) in [5.41, 5.74) is 9.97. The van der Waals surface area contributed by atoms with Gasteiger partial charge >= 0.3 is 0 Å². The van der Waals surface area contributed by atoms with Crippen LogP contribution in [0.25, 0.3) is 21.8 Å². The molecule has 0 unspecified atom stereocenters. The predicted molar refractivity (Wildman–Crippen MR) is 98.2 cm³/mol. The van der Waals surface area contributed by atoms with E-state index in [9.17, 15) is 9.18 Å². The van der Waals surface area contributed by atoms with E-state index in [1.54, 1.807) is 12.1 Å². The molecule has 0 radical (unpaired) electrons. The summed E-state index contributed by atoms with van der Waals surface area (Å²) in [6, 6.07) is 18.2. The Hall–Kier alpha value is -3.14. The lowest BCUT2D eigenvalue weighted by molar-refractivity contribution is 0.100. The summed E-state index contributed by atoms with van der Waals surface area (Å²) in [6.45, 7) is 2.65. The maximum Gasteiger partial charge on any atom is 0.249 e. The number of rotatable bonds is 3. The first kappa shape index (κ1) is 15.4. The first-order valence-electron chi connectivity index (χ1n) is 8.11. The first-order valence-corrected chi connectivity index (χ1v) is 8.11. The molecule has 0 spiro atoms. The van der Waals surface area contributed by atoms with E-state index < -0.39 is 5.91 Å². The number of benzene rings is 3. The highest BCUT2D eigenvalue weighted by Gasteiger charge is 2.17. The van der Waals surface area contributed by atoms with Gasteiger partial charge in [0.1, 0.15) is 5.82 Å². The van der Waals surface area contributed by atoms with Crippen LogP contribution in [0.2, 0.25) is 0 Å². The molecule has 1 amide bonds. The van der Waals surface area contributed by atoms with Crippen LogP contribution in [0.1, 0.15) is 21.5 Å². The number of hydrogen-bond donors (Lipinski definition) is 1. The lowest BCUT2D eigenvalue weighted by Gasteiger charge is -2.10. The molecule has 4 aromatic rings. The molecule has 0 aliphatic rings. The quantitative estimate of drug-likeness (QED) is 0.594. The van der Waals surface area contributed by atoms with Crippen LogP contribution in [0.15, 0.2) is 60.7 Å². The Morgan fingerprint density at radius 1 is 1.04 bits per heavy atom. The van der Waals surface area contributed by atoms with Gasteiger partial charge in [-0.3, -0.25) is 4.79 Å². The summed E-state index contributed by atoms with van der Waals surface area (Å²) in [4.78, 5) is 11.9. The average molecular weight is 332 g/mol. The van der Waals surface area contributed by atoms with Crippen LogP contribution in [0.3, 0.4) is 0 Å². The van der Waals surface area contributed by atoms with Gasteiger partial charge in [-0.1, -0.05) is 30.3 Å². The van der Waals surface area contributed by atoms with Gasteiger partial charge in [0.25, 0.3) is 0 Å². The Balaban J connectivity index is 2.08. The fourth-order valence-corrected chi connectivity index (χ4v) is 3.45.